The number of carbonyl (C=O) groups excluding carboxylic acids is 2. The van der Waals surface area contributed by atoms with Crippen LogP contribution in [0.5, 0.6) is 0 Å². The van der Waals surface area contributed by atoms with E-state index in [1.807, 2.05) is 24.3 Å². The Morgan fingerprint density at radius 3 is 2.31 bits per heavy atom. The SMILES string of the molecule is O=C(O)CCC1CCN(C(=O)CCNC(=O)OCC2c3ccccc3-c3ccccc32)C1. The van der Waals surface area contributed by atoms with Gasteiger partial charge in [0.2, 0.25) is 5.91 Å². The third kappa shape index (κ3) is 4.93. The van der Waals surface area contributed by atoms with Gasteiger partial charge in [-0.05, 0) is 41.0 Å². The van der Waals surface area contributed by atoms with Gasteiger partial charge in [0.25, 0.3) is 0 Å². The van der Waals surface area contributed by atoms with E-state index in [0.29, 0.717) is 19.5 Å². The summed E-state index contributed by atoms with van der Waals surface area (Å²) in [5.41, 5.74) is 4.66. The molecule has 1 atom stereocenters. The largest absolute Gasteiger partial charge is 0.481 e. The summed E-state index contributed by atoms with van der Waals surface area (Å²) in [6, 6.07) is 16.3. The number of carboxylic acid groups (broad SMARTS) is 1. The molecule has 7 heteroatoms. The van der Waals surface area contributed by atoms with Crippen molar-refractivity contribution < 1.29 is 24.2 Å². The smallest absolute Gasteiger partial charge is 0.407 e. The zero-order chi connectivity index (χ0) is 22.5. The van der Waals surface area contributed by atoms with Gasteiger partial charge in [-0.1, -0.05) is 48.5 Å². The third-order valence-electron chi connectivity index (χ3n) is 6.36. The minimum Gasteiger partial charge on any atom is -0.481 e. The number of ether oxygens (including phenoxy) is 1. The predicted octanol–water partition coefficient (Wildman–Crippen LogP) is 3.63. The summed E-state index contributed by atoms with van der Waals surface area (Å²) in [4.78, 5) is 37.0. The first-order chi connectivity index (χ1) is 15.5. The Bertz CT molecular complexity index is 960. The molecule has 1 fully saturated rings. The number of nitrogens with zero attached hydrogens (tertiary/aromatic N) is 1. The van der Waals surface area contributed by atoms with Crippen LogP contribution in [0, 0.1) is 5.92 Å². The second-order valence-electron chi connectivity index (χ2n) is 8.43. The summed E-state index contributed by atoms with van der Waals surface area (Å²) >= 11 is 0. The fraction of sp³-hybridized carbons (Fsp3) is 0.400. The van der Waals surface area contributed by atoms with Crippen molar-refractivity contribution in [1.29, 1.82) is 0 Å². The van der Waals surface area contributed by atoms with Crippen LogP contribution in [0.15, 0.2) is 48.5 Å². The quantitative estimate of drug-likeness (QED) is 0.659. The number of aliphatic carboxylic acids is 1. The highest BCUT2D eigenvalue weighted by Crippen LogP contribution is 2.44. The number of hydrogen-bond acceptors (Lipinski definition) is 4. The van der Waals surface area contributed by atoms with Crippen LogP contribution in [-0.4, -0.2) is 54.2 Å². The van der Waals surface area contributed by atoms with Crippen molar-refractivity contribution in [2.24, 2.45) is 5.92 Å². The van der Waals surface area contributed by atoms with E-state index in [1.54, 1.807) is 4.90 Å². The van der Waals surface area contributed by atoms with Gasteiger partial charge in [0, 0.05) is 38.4 Å². The molecule has 1 saturated heterocycles. The number of rotatable bonds is 8. The van der Waals surface area contributed by atoms with Crippen molar-refractivity contribution in [3.8, 4) is 11.1 Å². The lowest BCUT2D eigenvalue weighted by Crippen LogP contribution is -2.33. The van der Waals surface area contributed by atoms with Gasteiger partial charge in [-0.2, -0.15) is 0 Å². The van der Waals surface area contributed by atoms with Gasteiger partial charge in [-0.3, -0.25) is 9.59 Å². The number of benzene rings is 2. The molecule has 7 nitrogen and oxygen atoms in total. The van der Waals surface area contributed by atoms with Gasteiger partial charge in [-0.15, -0.1) is 0 Å². The first kappa shape index (κ1) is 21.9. The van der Waals surface area contributed by atoms with Crippen molar-refractivity contribution in [2.75, 3.05) is 26.2 Å². The molecule has 2 N–H and O–H groups in total. The lowest BCUT2D eigenvalue weighted by molar-refractivity contribution is -0.137. The molecular formula is C25H28N2O5. The molecular weight excluding hydrogens is 408 g/mol. The Morgan fingerprint density at radius 2 is 1.66 bits per heavy atom. The minimum atomic E-state index is -0.804. The molecule has 1 aliphatic heterocycles. The van der Waals surface area contributed by atoms with E-state index in [4.69, 9.17) is 9.84 Å². The maximum absolute atomic E-state index is 12.4. The van der Waals surface area contributed by atoms with Crippen LogP contribution in [-0.2, 0) is 14.3 Å². The summed E-state index contributed by atoms with van der Waals surface area (Å²) in [5, 5.41) is 11.5. The number of alkyl carbamates (subject to hydrolysis) is 1. The zero-order valence-electron chi connectivity index (χ0n) is 18.0. The van der Waals surface area contributed by atoms with E-state index in [9.17, 15) is 14.4 Å². The maximum atomic E-state index is 12.4. The number of carboxylic acids is 1. The van der Waals surface area contributed by atoms with Gasteiger partial charge in [0.05, 0.1) is 0 Å². The van der Waals surface area contributed by atoms with Crippen LogP contribution >= 0.6 is 0 Å². The van der Waals surface area contributed by atoms with Gasteiger partial charge >= 0.3 is 12.1 Å². The Labute approximate surface area is 187 Å². The molecule has 0 saturated carbocycles. The number of likely N-dealkylation sites (tertiary alicyclic amines) is 1. The van der Waals surface area contributed by atoms with E-state index >= 15 is 0 Å². The molecule has 2 aromatic carbocycles. The fourth-order valence-electron chi connectivity index (χ4n) is 4.70. The first-order valence-corrected chi connectivity index (χ1v) is 11.1. The minimum absolute atomic E-state index is 0.00196. The van der Waals surface area contributed by atoms with E-state index in [2.05, 4.69) is 29.6 Å². The van der Waals surface area contributed by atoms with E-state index in [1.165, 1.54) is 11.1 Å². The zero-order valence-corrected chi connectivity index (χ0v) is 18.0. The highest BCUT2D eigenvalue weighted by molar-refractivity contribution is 5.79. The predicted molar refractivity (Wildman–Crippen MR) is 119 cm³/mol. The molecule has 4 rings (SSSR count). The van der Waals surface area contributed by atoms with Crippen LogP contribution in [0.3, 0.4) is 0 Å². The lowest BCUT2D eigenvalue weighted by atomic mass is 9.98. The van der Waals surface area contributed by atoms with Gasteiger partial charge in [0.1, 0.15) is 6.61 Å². The normalized spacial score (nSPS) is 17.0. The molecule has 2 amide bonds. The molecule has 0 radical (unpaired) electrons. The highest BCUT2D eigenvalue weighted by atomic mass is 16.5. The molecule has 1 aliphatic carbocycles. The van der Waals surface area contributed by atoms with Crippen LogP contribution < -0.4 is 5.32 Å². The van der Waals surface area contributed by atoms with Gasteiger partial charge in [0.15, 0.2) is 0 Å². The van der Waals surface area contributed by atoms with Crippen molar-refractivity contribution in [3.63, 3.8) is 0 Å². The molecule has 1 unspecified atom stereocenters. The Morgan fingerprint density at radius 1 is 1.00 bits per heavy atom. The van der Waals surface area contributed by atoms with Crippen molar-refractivity contribution in [1.82, 2.24) is 10.2 Å². The summed E-state index contributed by atoms with van der Waals surface area (Å²) in [7, 11) is 0. The molecule has 2 aliphatic rings. The lowest BCUT2D eigenvalue weighted by Gasteiger charge is -2.17. The third-order valence-corrected chi connectivity index (χ3v) is 6.36. The molecule has 0 spiro atoms. The number of hydrogen-bond donors (Lipinski definition) is 2. The second-order valence-corrected chi connectivity index (χ2v) is 8.43. The summed E-state index contributed by atoms with van der Waals surface area (Å²) in [6.07, 6.45) is 1.24. The Kier molecular flexibility index (Phi) is 6.73. The number of fused-ring (bicyclic) bond motifs is 3. The van der Waals surface area contributed by atoms with Crippen molar-refractivity contribution >= 4 is 18.0 Å². The average Bonchev–Trinajstić information content (AvgIpc) is 3.39. The number of nitrogens with one attached hydrogen (secondary N) is 1. The number of carbonyl (C=O) groups is 3. The number of amides is 2. The van der Waals surface area contributed by atoms with Crippen molar-refractivity contribution in [3.05, 3.63) is 59.7 Å². The molecule has 32 heavy (non-hydrogen) atoms. The highest BCUT2D eigenvalue weighted by Gasteiger charge is 2.29. The summed E-state index contributed by atoms with van der Waals surface area (Å²) in [5.74, 6) is -0.587. The summed E-state index contributed by atoms with van der Waals surface area (Å²) < 4.78 is 5.49. The van der Waals surface area contributed by atoms with Crippen LogP contribution in [0.4, 0.5) is 4.79 Å². The van der Waals surface area contributed by atoms with E-state index in [0.717, 1.165) is 17.5 Å². The Balaban J connectivity index is 1.21. The Hall–Kier alpha value is -3.35. The molecule has 0 aromatic heterocycles. The van der Waals surface area contributed by atoms with E-state index < -0.39 is 12.1 Å². The van der Waals surface area contributed by atoms with Crippen molar-refractivity contribution in [2.45, 2.75) is 31.6 Å². The second kappa shape index (κ2) is 9.85. The van der Waals surface area contributed by atoms with E-state index in [-0.39, 0.29) is 43.7 Å². The fourth-order valence-corrected chi connectivity index (χ4v) is 4.70. The maximum Gasteiger partial charge on any atom is 0.407 e. The topological polar surface area (TPSA) is 95.9 Å². The molecule has 0 bridgehead atoms. The monoisotopic (exact) mass is 436 g/mol. The van der Waals surface area contributed by atoms with Crippen LogP contribution in [0.25, 0.3) is 11.1 Å². The molecule has 2 aromatic rings. The summed E-state index contributed by atoms with van der Waals surface area (Å²) in [6.45, 7) is 1.70. The van der Waals surface area contributed by atoms with Crippen LogP contribution in [0.2, 0.25) is 0 Å². The van der Waals surface area contributed by atoms with Crippen LogP contribution in [0.1, 0.15) is 42.7 Å². The standard InChI is InChI=1S/C25H28N2O5/c28-23(27-14-12-17(15-27)9-10-24(29)30)11-13-26-25(31)32-16-22-20-7-3-1-5-18(20)19-6-2-4-8-21(19)22/h1-8,17,22H,9-16H2,(H,26,31)(H,29,30). The molecule has 168 valence electrons. The van der Waals surface area contributed by atoms with Gasteiger partial charge < -0.3 is 20.1 Å². The van der Waals surface area contributed by atoms with Gasteiger partial charge in [-0.25, -0.2) is 4.79 Å². The first-order valence-electron chi connectivity index (χ1n) is 11.1. The average molecular weight is 437 g/mol. The molecule has 1 heterocycles.